The second-order valence-corrected chi connectivity index (χ2v) is 8.31. The fraction of sp³-hybridized carbons (Fsp3) is 0.346. The molecule has 0 aliphatic carbocycles. The molecule has 2 aromatic heterocycles. The van der Waals surface area contributed by atoms with Crippen LogP contribution in [-0.4, -0.2) is 58.3 Å². The third-order valence-corrected chi connectivity index (χ3v) is 5.88. The van der Waals surface area contributed by atoms with Gasteiger partial charge >= 0.3 is 0 Å². The molecule has 0 fully saturated rings. The number of rotatable bonds is 10. The maximum atomic E-state index is 10.4. The third-order valence-electron chi connectivity index (χ3n) is 5.88. The number of nitrogens with zero attached hydrogens (tertiary/aromatic N) is 5. The van der Waals surface area contributed by atoms with Crippen LogP contribution in [0.5, 0.6) is 11.5 Å². The number of hydrogen-bond acceptors (Lipinski definition) is 7. The number of methoxy groups -OCH3 is 2. The molecular formula is C26H31N5O3. The molecule has 1 unspecified atom stereocenters. The molecule has 0 aliphatic rings. The number of aromatic nitrogens is 4. The van der Waals surface area contributed by atoms with Gasteiger partial charge in [0.05, 0.1) is 49.4 Å². The molecular weight excluding hydrogens is 430 g/mol. The summed E-state index contributed by atoms with van der Waals surface area (Å²) in [5, 5.41) is 14.7. The minimum absolute atomic E-state index is 0.427. The molecule has 0 bridgehead atoms. The third kappa shape index (κ3) is 5.46. The van der Waals surface area contributed by atoms with E-state index in [1.54, 1.807) is 31.3 Å². The van der Waals surface area contributed by atoms with Gasteiger partial charge in [-0.1, -0.05) is 6.92 Å². The van der Waals surface area contributed by atoms with E-state index in [2.05, 4.69) is 15.0 Å². The Morgan fingerprint density at radius 1 is 1.03 bits per heavy atom. The van der Waals surface area contributed by atoms with E-state index in [-0.39, 0.29) is 0 Å². The lowest BCUT2D eigenvalue weighted by Gasteiger charge is -2.27. The van der Waals surface area contributed by atoms with Crippen LogP contribution in [0, 0.1) is 0 Å². The zero-order valence-electron chi connectivity index (χ0n) is 20.1. The van der Waals surface area contributed by atoms with Gasteiger partial charge in [-0.25, -0.2) is 4.98 Å². The topological polar surface area (TPSA) is 85.5 Å². The number of ether oxygens (including phenoxy) is 2. The van der Waals surface area contributed by atoms with Crippen molar-refractivity contribution >= 4 is 16.7 Å². The smallest absolute Gasteiger partial charge is 0.122 e. The predicted molar refractivity (Wildman–Crippen MR) is 134 cm³/mol. The Balaban J connectivity index is 1.62. The summed E-state index contributed by atoms with van der Waals surface area (Å²) in [5.41, 5.74) is 5.43. The number of benzene rings is 2. The Kier molecular flexibility index (Phi) is 7.27. The van der Waals surface area contributed by atoms with E-state index in [4.69, 9.17) is 14.5 Å². The Morgan fingerprint density at radius 2 is 1.79 bits per heavy atom. The molecule has 0 radical (unpaired) electrons. The van der Waals surface area contributed by atoms with Gasteiger partial charge in [-0.3, -0.25) is 9.67 Å². The zero-order chi connectivity index (χ0) is 24.1. The van der Waals surface area contributed by atoms with Crippen molar-refractivity contribution in [1.29, 1.82) is 0 Å². The lowest BCUT2D eigenvalue weighted by atomic mass is 10.1. The van der Waals surface area contributed by atoms with E-state index in [1.165, 1.54) is 0 Å². The molecule has 0 spiro atoms. The number of aryl methyl sites for hydroxylation is 1. The van der Waals surface area contributed by atoms with Crippen LogP contribution < -0.4 is 14.4 Å². The highest BCUT2D eigenvalue weighted by molar-refractivity contribution is 5.81. The van der Waals surface area contributed by atoms with Crippen LogP contribution >= 0.6 is 0 Å². The average molecular weight is 462 g/mol. The lowest BCUT2D eigenvalue weighted by Crippen LogP contribution is -2.33. The first-order chi connectivity index (χ1) is 16.5. The van der Waals surface area contributed by atoms with E-state index < -0.39 is 6.10 Å². The van der Waals surface area contributed by atoms with Crippen LogP contribution in [0.2, 0.25) is 0 Å². The molecule has 8 nitrogen and oxygen atoms in total. The average Bonchev–Trinajstić information content (AvgIpc) is 3.31. The molecule has 34 heavy (non-hydrogen) atoms. The van der Waals surface area contributed by atoms with Crippen molar-refractivity contribution in [2.24, 2.45) is 7.05 Å². The van der Waals surface area contributed by atoms with Crippen molar-refractivity contribution in [3.8, 4) is 22.8 Å². The molecule has 0 saturated heterocycles. The second kappa shape index (κ2) is 10.5. The number of aliphatic hydroxyl groups is 1. The number of hydrogen-bond donors (Lipinski definition) is 1. The second-order valence-electron chi connectivity index (χ2n) is 8.31. The van der Waals surface area contributed by atoms with Crippen LogP contribution in [0.3, 0.4) is 0 Å². The molecule has 8 heteroatoms. The number of fused-ring (bicyclic) bond motifs is 1. The SMILES string of the molecule is CCC(O)CN(CCc1cc(OC)cc(OC)c1)c1ccc2ncc(-c3cnn(C)c3)nc2c1. The van der Waals surface area contributed by atoms with E-state index >= 15 is 0 Å². The van der Waals surface area contributed by atoms with Crippen LogP contribution in [0.4, 0.5) is 5.69 Å². The zero-order valence-corrected chi connectivity index (χ0v) is 20.1. The summed E-state index contributed by atoms with van der Waals surface area (Å²) in [5.74, 6) is 1.52. The highest BCUT2D eigenvalue weighted by Gasteiger charge is 2.14. The van der Waals surface area contributed by atoms with E-state index in [1.807, 2.05) is 56.6 Å². The first kappa shape index (κ1) is 23.5. The van der Waals surface area contributed by atoms with Gasteiger partial charge in [0, 0.05) is 43.7 Å². The highest BCUT2D eigenvalue weighted by Crippen LogP contribution is 2.26. The fourth-order valence-electron chi connectivity index (χ4n) is 3.87. The minimum atomic E-state index is -0.427. The molecule has 1 atom stereocenters. The maximum absolute atomic E-state index is 10.4. The van der Waals surface area contributed by atoms with E-state index in [9.17, 15) is 5.11 Å². The van der Waals surface area contributed by atoms with Crippen LogP contribution in [0.25, 0.3) is 22.3 Å². The van der Waals surface area contributed by atoms with Gasteiger partial charge in [0.2, 0.25) is 0 Å². The van der Waals surface area contributed by atoms with Crippen molar-refractivity contribution in [1.82, 2.24) is 19.7 Å². The first-order valence-corrected chi connectivity index (χ1v) is 11.4. The molecule has 2 aromatic carbocycles. The van der Waals surface area contributed by atoms with Gasteiger partial charge in [0.15, 0.2) is 0 Å². The van der Waals surface area contributed by atoms with Gasteiger partial charge in [-0.2, -0.15) is 5.10 Å². The van der Waals surface area contributed by atoms with Gasteiger partial charge in [-0.15, -0.1) is 0 Å². The van der Waals surface area contributed by atoms with Gasteiger partial charge in [0.1, 0.15) is 11.5 Å². The minimum Gasteiger partial charge on any atom is -0.497 e. The molecule has 4 aromatic rings. The van der Waals surface area contributed by atoms with Crippen molar-refractivity contribution in [3.63, 3.8) is 0 Å². The lowest BCUT2D eigenvalue weighted by molar-refractivity contribution is 0.175. The molecule has 2 heterocycles. The van der Waals surface area contributed by atoms with Crippen molar-refractivity contribution in [2.75, 3.05) is 32.2 Å². The van der Waals surface area contributed by atoms with Gasteiger partial charge < -0.3 is 19.5 Å². The summed E-state index contributed by atoms with van der Waals surface area (Å²) in [6, 6.07) is 12.0. The predicted octanol–water partition coefficient (Wildman–Crippen LogP) is 3.87. The van der Waals surface area contributed by atoms with Crippen LogP contribution in [-0.2, 0) is 13.5 Å². The summed E-state index contributed by atoms with van der Waals surface area (Å²) in [6.45, 7) is 3.23. The molecule has 178 valence electrons. The molecule has 0 saturated carbocycles. The Bertz CT molecular complexity index is 1230. The summed E-state index contributed by atoms with van der Waals surface area (Å²) < 4.78 is 12.6. The Labute approximate surface area is 199 Å². The van der Waals surface area contributed by atoms with Crippen LogP contribution in [0.1, 0.15) is 18.9 Å². The van der Waals surface area contributed by atoms with Crippen molar-refractivity contribution < 1.29 is 14.6 Å². The summed E-state index contributed by atoms with van der Waals surface area (Å²) in [7, 11) is 5.18. The summed E-state index contributed by atoms with van der Waals surface area (Å²) in [6.07, 6.45) is 6.50. The molecule has 0 amide bonds. The van der Waals surface area contributed by atoms with Gasteiger partial charge in [-0.05, 0) is 48.7 Å². The normalized spacial score (nSPS) is 12.0. The van der Waals surface area contributed by atoms with Gasteiger partial charge in [0.25, 0.3) is 0 Å². The Morgan fingerprint density at radius 3 is 2.44 bits per heavy atom. The van der Waals surface area contributed by atoms with Crippen molar-refractivity contribution in [3.05, 3.63) is 60.6 Å². The van der Waals surface area contributed by atoms with Crippen LogP contribution in [0.15, 0.2) is 55.0 Å². The number of anilines is 1. The summed E-state index contributed by atoms with van der Waals surface area (Å²) >= 11 is 0. The maximum Gasteiger partial charge on any atom is 0.122 e. The fourth-order valence-corrected chi connectivity index (χ4v) is 3.87. The number of aliphatic hydroxyl groups excluding tert-OH is 1. The Hall–Kier alpha value is -3.65. The van der Waals surface area contributed by atoms with E-state index in [0.29, 0.717) is 19.5 Å². The highest BCUT2D eigenvalue weighted by atomic mass is 16.5. The quantitative estimate of drug-likeness (QED) is 0.384. The van der Waals surface area contributed by atoms with E-state index in [0.717, 1.165) is 51.5 Å². The summed E-state index contributed by atoms with van der Waals surface area (Å²) in [4.78, 5) is 11.6. The van der Waals surface area contributed by atoms with Crippen molar-refractivity contribution in [2.45, 2.75) is 25.9 Å². The molecule has 4 rings (SSSR count). The molecule has 1 N–H and O–H groups in total. The molecule has 0 aliphatic heterocycles. The standard InChI is InChI=1S/C26H31N5O3/c1-5-21(32)17-31(9-8-18-10-22(33-3)13-23(11-18)34-4)20-6-7-24-25(12-20)29-26(15-27-24)19-14-28-30(2)16-19/h6-7,10-16,21,32H,5,8-9,17H2,1-4H3. The monoisotopic (exact) mass is 461 g/mol. The first-order valence-electron chi connectivity index (χ1n) is 11.4. The largest absolute Gasteiger partial charge is 0.497 e.